The van der Waals surface area contributed by atoms with Crippen LogP contribution in [0, 0.1) is 0 Å². The number of hydrogen-bond acceptors (Lipinski definition) is 3. The summed E-state index contributed by atoms with van der Waals surface area (Å²) in [6.07, 6.45) is 3.59. The van der Waals surface area contributed by atoms with Crippen LogP contribution in [0.15, 0.2) is 89.6 Å². The summed E-state index contributed by atoms with van der Waals surface area (Å²) in [5.74, 6) is 0.00338. The number of halogens is 2. The molecule has 0 aliphatic heterocycles. The van der Waals surface area contributed by atoms with Gasteiger partial charge < -0.3 is 4.42 Å². The summed E-state index contributed by atoms with van der Waals surface area (Å²) < 4.78 is 7.75. The van der Waals surface area contributed by atoms with Gasteiger partial charge in [-0.3, -0.25) is 4.79 Å². The number of carbonyl (C=O) groups excluding carboxylic acids is 1. The Hall–Kier alpha value is -3.34. The van der Waals surface area contributed by atoms with Crippen LogP contribution in [0.3, 0.4) is 0 Å². The van der Waals surface area contributed by atoms with Gasteiger partial charge in [0, 0.05) is 38.3 Å². The van der Waals surface area contributed by atoms with Gasteiger partial charge in [-0.15, -0.1) is 0 Å². The topological polar surface area (TPSA) is 48.0 Å². The molecular formula is C24H14Cl2N2O2. The highest BCUT2D eigenvalue weighted by atomic mass is 35.5. The summed E-state index contributed by atoms with van der Waals surface area (Å²) in [4.78, 5) is 13.3. The van der Waals surface area contributed by atoms with Crippen molar-refractivity contribution in [1.29, 1.82) is 0 Å². The molecule has 5 rings (SSSR count). The second-order valence-corrected chi connectivity index (χ2v) is 7.66. The second-order valence-electron chi connectivity index (χ2n) is 6.79. The summed E-state index contributed by atoms with van der Waals surface area (Å²) >= 11 is 12.2. The van der Waals surface area contributed by atoms with Crippen molar-refractivity contribution in [3.63, 3.8) is 0 Å². The fourth-order valence-corrected chi connectivity index (χ4v) is 3.72. The number of fused-ring (bicyclic) bond motifs is 1. The Balaban J connectivity index is 1.69. The van der Waals surface area contributed by atoms with Crippen molar-refractivity contribution >= 4 is 40.0 Å². The molecular weight excluding hydrogens is 419 g/mol. The Morgan fingerprint density at radius 3 is 2.40 bits per heavy atom. The smallest absolute Gasteiger partial charge is 0.228 e. The quantitative estimate of drug-likeness (QED) is 0.292. The van der Waals surface area contributed by atoms with E-state index in [1.54, 1.807) is 53.3 Å². The van der Waals surface area contributed by atoms with Crippen molar-refractivity contribution in [1.82, 2.24) is 9.78 Å². The summed E-state index contributed by atoms with van der Waals surface area (Å²) in [6, 6.07) is 21.8. The van der Waals surface area contributed by atoms with Crippen molar-refractivity contribution in [3.05, 3.63) is 107 Å². The van der Waals surface area contributed by atoms with Crippen LogP contribution in [-0.4, -0.2) is 15.6 Å². The molecule has 2 aromatic heterocycles. The lowest BCUT2D eigenvalue weighted by atomic mass is 10.00. The van der Waals surface area contributed by atoms with E-state index >= 15 is 0 Å². The molecule has 0 amide bonds. The van der Waals surface area contributed by atoms with Crippen LogP contribution in [0.1, 0.15) is 16.1 Å². The highest BCUT2D eigenvalue weighted by Gasteiger charge is 2.24. The molecule has 0 atom stereocenters. The Bertz CT molecular complexity index is 1370. The third-order valence-corrected chi connectivity index (χ3v) is 5.34. The Labute approximate surface area is 182 Å². The minimum atomic E-state index is -0.235. The monoisotopic (exact) mass is 432 g/mol. The SMILES string of the molecule is O=C(c1ccc(Cl)cc1)c1oc2ccc(Cl)cc2c1-c1cnn(-c2ccccc2)c1. The maximum absolute atomic E-state index is 13.3. The number of rotatable bonds is 4. The molecule has 0 fully saturated rings. The molecule has 0 saturated heterocycles. The minimum Gasteiger partial charge on any atom is -0.452 e. The molecule has 6 heteroatoms. The maximum atomic E-state index is 13.3. The van der Waals surface area contributed by atoms with Crippen LogP contribution >= 0.6 is 23.2 Å². The highest BCUT2D eigenvalue weighted by Crippen LogP contribution is 2.37. The van der Waals surface area contributed by atoms with Crippen molar-refractivity contribution in [2.45, 2.75) is 0 Å². The van der Waals surface area contributed by atoms with Gasteiger partial charge >= 0.3 is 0 Å². The molecule has 30 heavy (non-hydrogen) atoms. The van der Waals surface area contributed by atoms with E-state index in [9.17, 15) is 4.79 Å². The highest BCUT2D eigenvalue weighted by molar-refractivity contribution is 6.32. The molecule has 0 radical (unpaired) electrons. The van der Waals surface area contributed by atoms with E-state index in [-0.39, 0.29) is 11.5 Å². The zero-order valence-electron chi connectivity index (χ0n) is 15.5. The Kier molecular flexibility index (Phi) is 4.66. The number of ketones is 1. The van der Waals surface area contributed by atoms with Crippen LogP contribution in [0.5, 0.6) is 0 Å². The fraction of sp³-hybridized carbons (Fsp3) is 0. The standard InChI is InChI=1S/C24H14Cl2N2O2/c25-17-8-6-15(7-9-17)23(29)24-22(20-12-18(26)10-11-21(20)30-24)16-13-27-28(14-16)19-4-2-1-3-5-19/h1-14H. The summed E-state index contributed by atoms with van der Waals surface area (Å²) in [5.41, 5.74) is 3.41. The van der Waals surface area contributed by atoms with Gasteiger partial charge in [0.05, 0.1) is 11.9 Å². The van der Waals surface area contributed by atoms with Crippen LogP contribution in [-0.2, 0) is 0 Å². The van der Waals surface area contributed by atoms with E-state index < -0.39 is 0 Å². The lowest BCUT2D eigenvalue weighted by Gasteiger charge is -2.02. The first-order valence-electron chi connectivity index (χ1n) is 9.23. The number of nitrogens with zero attached hydrogens (tertiary/aromatic N) is 2. The van der Waals surface area contributed by atoms with Crippen LogP contribution in [0.4, 0.5) is 0 Å². The van der Waals surface area contributed by atoms with Crippen LogP contribution in [0.2, 0.25) is 10.0 Å². The van der Waals surface area contributed by atoms with Crippen LogP contribution in [0.25, 0.3) is 27.8 Å². The van der Waals surface area contributed by atoms with Gasteiger partial charge in [-0.2, -0.15) is 5.10 Å². The van der Waals surface area contributed by atoms with E-state index in [1.165, 1.54) is 0 Å². The average Bonchev–Trinajstić information content (AvgIpc) is 3.39. The van der Waals surface area contributed by atoms with E-state index in [0.29, 0.717) is 26.8 Å². The number of furan rings is 1. The summed E-state index contributed by atoms with van der Waals surface area (Å²) in [5, 5.41) is 6.35. The second kappa shape index (κ2) is 7.48. The number of para-hydroxylation sites is 1. The molecule has 0 spiro atoms. The van der Waals surface area contributed by atoms with E-state index in [4.69, 9.17) is 27.6 Å². The fourth-order valence-electron chi connectivity index (χ4n) is 3.42. The van der Waals surface area contributed by atoms with Crippen LogP contribution < -0.4 is 0 Å². The largest absolute Gasteiger partial charge is 0.452 e. The van der Waals surface area contributed by atoms with Crippen molar-refractivity contribution in [3.8, 4) is 16.8 Å². The lowest BCUT2D eigenvalue weighted by Crippen LogP contribution is -2.01. The van der Waals surface area contributed by atoms with Gasteiger partial charge in [0.1, 0.15) is 5.58 Å². The normalized spacial score (nSPS) is 11.1. The van der Waals surface area contributed by atoms with Gasteiger partial charge in [0.15, 0.2) is 5.76 Å². The first-order valence-corrected chi connectivity index (χ1v) is 9.98. The van der Waals surface area contributed by atoms with E-state index in [2.05, 4.69) is 5.10 Å². The predicted molar refractivity (Wildman–Crippen MR) is 119 cm³/mol. The number of benzene rings is 3. The zero-order chi connectivity index (χ0) is 20.7. The predicted octanol–water partition coefficient (Wildman–Crippen LogP) is 6.82. The van der Waals surface area contributed by atoms with Crippen molar-refractivity contribution in [2.75, 3.05) is 0 Å². The molecule has 0 N–H and O–H groups in total. The van der Waals surface area contributed by atoms with Crippen molar-refractivity contribution < 1.29 is 9.21 Å². The number of hydrogen-bond donors (Lipinski definition) is 0. The maximum Gasteiger partial charge on any atom is 0.228 e. The third kappa shape index (κ3) is 3.30. The van der Waals surface area contributed by atoms with Gasteiger partial charge in [0.25, 0.3) is 0 Å². The summed E-state index contributed by atoms with van der Waals surface area (Å²) in [6.45, 7) is 0. The Morgan fingerprint density at radius 2 is 1.63 bits per heavy atom. The Morgan fingerprint density at radius 1 is 0.900 bits per heavy atom. The molecule has 2 heterocycles. The van der Waals surface area contributed by atoms with Gasteiger partial charge in [-0.1, -0.05) is 41.4 Å². The van der Waals surface area contributed by atoms with E-state index in [1.807, 2.05) is 36.5 Å². The number of carbonyl (C=O) groups is 1. The molecule has 146 valence electrons. The molecule has 0 saturated carbocycles. The molecule has 0 unspecified atom stereocenters. The van der Waals surface area contributed by atoms with Gasteiger partial charge in [0.2, 0.25) is 5.78 Å². The minimum absolute atomic E-state index is 0.235. The molecule has 5 aromatic rings. The third-order valence-electron chi connectivity index (χ3n) is 4.85. The number of aromatic nitrogens is 2. The van der Waals surface area contributed by atoms with Gasteiger partial charge in [-0.25, -0.2) is 4.68 Å². The van der Waals surface area contributed by atoms with Crippen molar-refractivity contribution in [2.24, 2.45) is 0 Å². The molecule has 0 aliphatic carbocycles. The molecule has 3 aromatic carbocycles. The molecule has 4 nitrogen and oxygen atoms in total. The summed E-state index contributed by atoms with van der Waals surface area (Å²) in [7, 11) is 0. The average molecular weight is 433 g/mol. The lowest BCUT2D eigenvalue weighted by molar-refractivity contribution is 0.101. The first-order chi connectivity index (χ1) is 14.6. The zero-order valence-corrected chi connectivity index (χ0v) is 17.1. The first kappa shape index (κ1) is 18.7. The molecule has 0 bridgehead atoms. The van der Waals surface area contributed by atoms with Gasteiger partial charge in [-0.05, 0) is 54.6 Å². The molecule has 0 aliphatic rings. The van der Waals surface area contributed by atoms with E-state index in [0.717, 1.165) is 16.6 Å².